The first-order valence-corrected chi connectivity index (χ1v) is 8.57. The van der Waals surface area contributed by atoms with E-state index in [0.29, 0.717) is 24.1 Å². The van der Waals surface area contributed by atoms with Crippen LogP contribution in [0.3, 0.4) is 0 Å². The van der Waals surface area contributed by atoms with Crippen LogP contribution in [0.25, 0.3) is 11.0 Å². The van der Waals surface area contributed by atoms with Gasteiger partial charge in [0, 0.05) is 53.8 Å². The minimum atomic E-state index is -0.419. The number of nitrogens with one attached hydrogen (secondary N) is 1. The molecule has 0 saturated carbocycles. The summed E-state index contributed by atoms with van der Waals surface area (Å²) >= 11 is 0. The van der Waals surface area contributed by atoms with Gasteiger partial charge in [-0.05, 0) is 48.7 Å². The van der Waals surface area contributed by atoms with E-state index < -0.39 is 5.95 Å². The molecule has 130 valence electrons. The van der Waals surface area contributed by atoms with Crippen molar-refractivity contribution in [2.45, 2.75) is 26.7 Å². The highest BCUT2D eigenvalue weighted by atomic mass is 19.1. The van der Waals surface area contributed by atoms with Gasteiger partial charge in [-0.2, -0.15) is 4.39 Å². The van der Waals surface area contributed by atoms with E-state index in [2.05, 4.69) is 26.0 Å². The van der Waals surface area contributed by atoms with Crippen LogP contribution in [-0.4, -0.2) is 19.9 Å². The molecule has 0 aliphatic carbocycles. The van der Waals surface area contributed by atoms with Gasteiger partial charge in [0.15, 0.2) is 0 Å². The van der Waals surface area contributed by atoms with Crippen molar-refractivity contribution in [1.29, 1.82) is 0 Å². The zero-order valence-electron chi connectivity index (χ0n) is 14.8. The van der Waals surface area contributed by atoms with Crippen LogP contribution >= 0.6 is 0 Å². The van der Waals surface area contributed by atoms with Crippen molar-refractivity contribution in [3.8, 4) is 0 Å². The molecule has 0 bridgehead atoms. The van der Waals surface area contributed by atoms with E-state index in [0.717, 1.165) is 33.4 Å². The zero-order valence-corrected chi connectivity index (χ0v) is 14.8. The van der Waals surface area contributed by atoms with Gasteiger partial charge in [-0.3, -0.25) is 4.98 Å². The third-order valence-electron chi connectivity index (χ3n) is 4.48. The molecule has 0 unspecified atom stereocenters. The van der Waals surface area contributed by atoms with Crippen molar-refractivity contribution in [2.24, 2.45) is 0 Å². The molecule has 0 atom stereocenters. The van der Waals surface area contributed by atoms with Gasteiger partial charge in [-0.1, -0.05) is 12.1 Å². The van der Waals surface area contributed by atoms with Crippen LogP contribution < -0.4 is 0 Å². The van der Waals surface area contributed by atoms with Crippen LogP contribution in [0.4, 0.5) is 4.39 Å². The Bertz CT molecular complexity index is 1070. The first-order chi connectivity index (χ1) is 12.6. The molecule has 0 amide bonds. The minimum absolute atomic E-state index is 0.419. The van der Waals surface area contributed by atoms with Gasteiger partial charge in [-0.25, -0.2) is 9.97 Å². The van der Waals surface area contributed by atoms with Crippen molar-refractivity contribution >= 4 is 11.0 Å². The van der Waals surface area contributed by atoms with Gasteiger partial charge in [0.05, 0.1) is 0 Å². The van der Waals surface area contributed by atoms with Crippen LogP contribution in [0.1, 0.15) is 33.6 Å². The summed E-state index contributed by atoms with van der Waals surface area (Å²) in [6, 6.07) is 9.72. The normalized spacial score (nSPS) is 11.2. The zero-order chi connectivity index (χ0) is 18.1. The van der Waals surface area contributed by atoms with Crippen LogP contribution in [-0.2, 0) is 12.8 Å². The lowest BCUT2D eigenvalue weighted by molar-refractivity contribution is 0.565. The monoisotopic (exact) mass is 346 g/mol. The van der Waals surface area contributed by atoms with Crippen molar-refractivity contribution in [2.75, 3.05) is 0 Å². The fourth-order valence-electron chi connectivity index (χ4n) is 3.06. The Balaban J connectivity index is 1.57. The lowest BCUT2D eigenvalue weighted by Gasteiger charge is -2.06. The lowest BCUT2D eigenvalue weighted by Crippen LogP contribution is -2.00. The standard InChI is InChI=1S/C21H19FN4/c1-13-7-19-17(12-25-21(19)24-10-13)9-16-5-6-18(26-20(16)22)8-15-4-3-14(2)23-11-15/h3-7,10-12H,8-9H2,1-2H3,(H,24,25). The fraction of sp³-hybridized carbons (Fsp3) is 0.190. The highest BCUT2D eigenvalue weighted by Crippen LogP contribution is 2.22. The molecule has 26 heavy (non-hydrogen) atoms. The molecule has 4 heterocycles. The van der Waals surface area contributed by atoms with Gasteiger partial charge in [0.1, 0.15) is 5.65 Å². The molecule has 0 radical (unpaired) electrons. The van der Waals surface area contributed by atoms with Gasteiger partial charge in [0.25, 0.3) is 0 Å². The average Bonchev–Trinajstić information content (AvgIpc) is 3.01. The van der Waals surface area contributed by atoms with E-state index >= 15 is 0 Å². The maximum Gasteiger partial charge on any atom is 0.216 e. The van der Waals surface area contributed by atoms with Gasteiger partial charge in [0.2, 0.25) is 5.95 Å². The second-order valence-corrected chi connectivity index (χ2v) is 6.64. The van der Waals surface area contributed by atoms with Crippen LogP contribution in [0.2, 0.25) is 0 Å². The number of pyridine rings is 3. The second-order valence-electron chi connectivity index (χ2n) is 6.64. The highest BCUT2D eigenvalue weighted by Gasteiger charge is 2.11. The third-order valence-corrected chi connectivity index (χ3v) is 4.48. The topological polar surface area (TPSA) is 54.5 Å². The molecule has 4 aromatic rings. The average molecular weight is 346 g/mol. The largest absolute Gasteiger partial charge is 0.346 e. The molecule has 0 fully saturated rings. The number of aromatic nitrogens is 4. The molecular weight excluding hydrogens is 327 g/mol. The summed E-state index contributed by atoms with van der Waals surface area (Å²) in [5, 5.41) is 1.03. The Morgan fingerprint density at radius 2 is 1.85 bits per heavy atom. The third kappa shape index (κ3) is 3.33. The summed E-state index contributed by atoms with van der Waals surface area (Å²) in [6.07, 6.45) is 6.57. The van der Waals surface area contributed by atoms with Crippen LogP contribution in [0.15, 0.2) is 48.9 Å². The Kier molecular flexibility index (Phi) is 4.21. The first-order valence-electron chi connectivity index (χ1n) is 8.57. The van der Waals surface area contributed by atoms with E-state index in [4.69, 9.17) is 0 Å². The number of aryl methyl sites for hydroxylation is 2. The SMILES string of the molecule is Cc1cnc2[nH]cc(Cc3ccc(Cc4ccc(C)nc4)nc3F)c2c1. The lowest BCUT2D eigenvalue weighted by atomic mass is 10.0. The van der Waals surface area contributed by atoms with Crippen molar-refractivity contribution < 1.29 is 4.39 Å². The molecule has 0 aliphatic rings. The Hall–Kier alpha value is -3.08. The van der Waals surface area contributed by atoms with Crippen molar-refractivity contribution in [1.82, 2.24) is 19.9 Å². The predicted molar refractivity (Wildman–Crippen MR) is 99.6 cm³/mol. The molecule has 0 aromatic carbocycles. The number of rotatable bonds is 4. The summed E-state index contributed by atoms with van der Waals surface area (Å²) in [7, 11) is 0. The predicted octanol–water partition coefficient (Wildman–Crippen LogP) is 4.29. The summed E-state index contributed by atoms with van der Waals surface area (Å²) in [6.45, 7) is 3.94. The maximum absolute atomic E-state index is 14.5. The quantitative estimate of drug-likeness (QED) is 0.561. The number of halogens is 1. The number of hydrogen-bond donors (Lipinski definition) is 1. The van der Waals surface area contributed by atoms with E-state index in [-0.39, 0.29) is 0 Å². The first kappa shape index (κ1) is 16.4. The Morgan fingerprint density at radius 1 is 0.962 bits per heavy atom. The molecule has 4 aromatic heterocycles. The molecular formula is C21H19FN4. The van der Waals surface area contributed by atoms with E-state index in [1.807, 2.05) is 56.7 Å². The number of hydrogen-bond acceptors (Lipinski definition) is 3. The molecule has 4 rings (SSSR count). The summed E-state index contributed by atoms with van der Waals surface area (Å²) in [5.41, 5.74) is 6.19. The fourth-order valence-corrected chi connectivity index (χ4v) is 3.06. The van der Waals surface area contributed by atoms with Gasteiger partial charge in [-0.15, -0.1) is 0 Å². The van der Waals surface area contributed by atoms with E-state index in [1.165, 1.54) is 0 Å². The number of aromatic amines is 1. The second kappa shape index (κ2) is 6.67. The number of H-pyrrole nitrogens is 1. The maximum atomic E-state index is 14.5. The van der Waals surface area contributed by atoms with Crippen molar-refractivity contribution in [3.05, 3.63) is 88.5 Å². The van der Waals surface area contributed by atoms with Gasteiger partial charge >= 0.3 is 0 Å². The Morgan fingerprint density at radius 3 is 2.62 bits per heavy atom. The molecule has 5 heteroatoms. The molecule has 4 nitrogen and oxygen atoms in total. The van der Waals surface area contributed by atoms with E-state index in [9.17, 15) is 4.39 Å². The molecule has 0 aliphatic heterocycles. The van der Waals surface area contributed by atoms with Crippen LogP contribution in [0, 0.1) is 19.8 Å². The minimum Gasteiger partial charge on any atom is -0.346 e. The molecule has 0 spiro atoms. The van der Waals surface area contributed by atoms with E-state index in [1.54, 1.807) is 0 Å². The summed E-state index contributed by atoms with van der Waals surface area (Å²) in [5.74, 6) is -0.419. The molecule has 1 N–H and O–H groups in total. The smallest absolute Gasteiger partial charge is 0.216 e. The van der Waals surface area contributed by atoms with Crippen LogP contribution in [0.5, 0.6) is 0 Å². The highest BCUT2D eigenvalue weighted by molar-refractivity contribution is 5.80. The van der Waals surface area contributed by atoms with Gasteiger partial charge < -0.3 is 4.98 Å². The number of nitrogens with zero attached hydrogens (tertiary/aromatic N) is 3. The summed E-state index contributed by atoms with van der Waals surface area (Å²) in [4.78, 5) is 15.9. The number of fused-ring (bicyclic) bond motifs is 1. The molecule has 0 saturated heterocycles. The summed E-state index contributed by atoms with van der Waals surface area (Å²) < 4.78 is 14.5. The Labute approximate surface area is 151 Å². The van der Waals surface area contributed by atoms with Crippen molar-refractivity contribution in [3.63, 3.8) is 0 Å².